The van der Waals surface area contributed by atoms with Gasteiger partial charge in [0.15, 0.2) is 5.82 Å². The SMILES string of the molecule is CNCc1nnc(Nc2cnccn2)o1. The zero-order chi connectivity index (χ0) is 10.5. The smallest absolute Gasteiger partial charge is 0.321 e. The molecular formula is C8H10N6O. The van der Waals surface area contributed by atoms with Crippen molar-refractivity contribution in [2.75, 3.05) is 12.4 Å². The lowest BCUT2D eigenvalue weighted by atomic mass is 10.6. The minimum atomic E-state index is 0.306. The molecule has 0 atom stereocenters. The Kier molecular flexibility index (Phi) is 2.84. The number of nitrogens with zero attached hydrogens (tertiary/aromatic N) is 4. The van der Waals surface area contributed by atoms with Gasteiger partial charge in [0.2, 0.25) is 5.89 Å². The van der Waals surface area contributed by atoms with E-state index >= 15 is 0 Å². The summed E-state index contributed by atoms with van der Waals surface area (Å²) in [5, 5.41) is 13.4. The molecule has 2 aromatic heterocycles. The molecule has 0 saturated carbocycles. The Balaban J connectivity index is 2.05. The maximum Gasteiger partial charge on any atom is 0.321 e. The van der Waals surface area contributed by atoms with Gasteiger partial charge in [-0.3, -0.25) is 10.3 Å². The van der Waals surface area contributed by atoms with Crippen LogP contribution >= 0.6 is 0 Å². The van der Waals surface area contributed by atoms with Crippen LogP contribution in [0.5, 0.6) is 0 Å². The largest absolute Gasteiger partial charge is 0.406 e. The van der Waals surface area contributed by atoms with Crippen LogP contribution in [0.25, 0.3) is 0 Å². The van der Waals surface area contributed by atoms with Gasteiger partial charge < -0.3 is 9.73 Å². The number of aromatic nitrogens is 4. The predicted octanol–water partition coefficient (Wildman–Crippen LogP) is 0.323. The van der Waals surface area contributed by atoms with E-state index in [9.17, 15) is 0 Å². The van der Waals surface area contributed by atoms with Crippen molar-refractivity contribution in [1.82, 2.24) is 25.5 Å². The summed E-state index contributed by atoms with van der Waals surface area (Å²) in [6.07, 6.45) is 4.74. The molecule has 15 heavy (non-hydrogen) atoms. The van der Waals surface area contributed by atoms with Crippen molar-refractivity contribution < 1.29 is 4.42 Å². The highest BCUT2D eigenvalue weighted by molar-refractivity contribution is 5.42. The third kappa shape index (κ3) is 2.47. The Morgan fingerprint density at radius 2 is 2.27 bits per heavy atom. The van der Waals surface area contributed by atoms with E-state index < -0.39 is 0 Å². The molecule has 2 rings (SSSR count). The maximum atomic E-state index is 5.26. The molecule has 2 N–H and O–H groups in total. The summed E-state index contributed by atoms with van der Waals surface area (Å²) in [7, 11) is 1.81. The fourth-order valence-electron chi connectivity index (χ4n) is 1.000. The molecule has 7 heteroatoms. The van der Waals surface area contributed by atoms with Crippen molar-refractivity contribution in [3.8, 4) is 0 Å². The number of hydrogen-bond donors (Lipinski definition) is 2. The second-order valence-corrected chi connectivity index (χ2v) is 2.75. The topological polar surface area (TPSA) is 88.8 Å². The fourth-order valence-corrected chi connectivity index (χ4v) is 1.000. The molecule has 0 bridgehead atoms. The van der Waals surface area contributed by atoms with Gasteiger partial charge in [-0.2, -0.15) is 0 Å². The zero-order valence-corrected chi connectivity index (χ0v) is 8.14. The molecule has 0 spiro atoms. The van der Waals surface area contributed by atoms with Gasteiger partial charge in [-0.05, 0) is 7.05 Å². The second-order valence-electron chi connectivity index (χ2n) is 2.75. The molecule has 0 fully saturated rings. The van der Waals surface area contributed by atoms with Crippen molar-refractivity contribution in [3.05, 3.63) is 24.5 Å². The third-order valence-corrected chi connectivity index (χ3v) is 1.59. The predicted molar refractivity (Wildman–Crippen MR) is 52.4 cm³/mol. The van der Waals surface area contributed by atoms with E-state index in [0.717, 1.165) is 0 Å². The minimum absolute atomic E-state index is 0.306. The maximum absolute atomic E-state index is 5.26. The minimum Gasteiger partial charge on any atom is -0.406 e. The highest BCUT2D eigenvalue weighted by Gasteiger charge is 2.05. The van der Waals surface area contributed by atoms with Gasteiger partial charge in [0.25, 0.3) is 0 Å². The molecule has 0 aliphatic carbocycles. The van der Waals surface area contributed by atoms with E-state index in [0.29, 0.717) is 24.3 Å². The third-order valence-electron chi connectivity index (χ3n) is 1.59. The Labute approximate surface area is 86.0 Å². The molecule has 0 radical (unpaired) electrons. The van der Waals surface area contributed by atoms with Crippen LogP contribution in [0, 0.1) is 0 Å². The monoisotopic (exact) mass is 206 g/mol. The van der Waals surface area contributed by atoms with E-state index in [1.807, 2.05) is 0 Å². The van der Waals surface area contributed by atoms with Crippen molar-refractivity contribution in [3.63, 3.8) is 0 Å². The highest BCUT2D eigenvalue weighted by atomic mass is 16.4. The van der Waals surface area contributed by atoms with E-state index in [1.54, 1.807) is 25.6 Å². The molecule has 0 aromatic carbocycles. The van der Waals surface area contributed by atoms with E-state index in [-0.39, 0.29) is 0 Å². The number of anilines is 2. The van der Waals surface area contributed by atoms with Crippen LogP contribution in [-0.4, -0.2) is 27.2 Å². The van der Waals surface area contributed by atoms with Crippen LogP contribution in [0.3, 0.4) is 0 Å². The van der Waals surface area contributed by atoms with Gasteiger partial charge in [-0.1, -0.05) is 5.10 Å². The quantitative estimate of drug-likeness (QED) is 0.744. The molecule has 2 aromatic rings. The summed E-state index contributed by atoms with van der Waals surface area (Å²) in [5.74, 6) is 1.08. The molecular weight excluding hydrogens is 196 g/mol. The van der Waals surface area contributed by atoms with Gasteiger partial charge >= 0.3 is 6.01 Å². The first-order valence-corrected chi connectivity index (χ1v) is 4.38. The Morgan fingerprint density at radius 1 is 1.33 bits per heavy atom. The van der Waals surface area contributed by atoms with Crippen molar-refractivity contribution >= 4 is 11.8 Å². The van der Waals surface area contributed by atoms with Gasteiger partial charge in [-0.25, -0.2) is 4.98 Å². The average molecular weight is 206 g/mol. The Bertz CT molecular complexity index is 414. The van der Waals surface area contributed by atoms with Gasteiger partial charge in [0.1, 0.15) is 0 Å². The Morgan fingerprint density at radius 3 is 3.00 bits per heavy atom. The van der Waals surface area contributed by atoms with Crippen LogP contribution in [-0.2, 0) is 6.54 Å². The lowest BCUT2D eigenvalue weighted by Gasteiger charge is -1.96. The molecule has 0 amide bonds. The normalized spacial score (nSPS) is 10.2. The summed E-state index contributed by atoms with van der Waals surface area (Å²) >= 11 is 0. The molecule has 2 heterocycles. The van der Waals surface area contributed by atoms with Crippen LogP contribution in [0.1, 0.15) is 5.89 Å². The molecule has 0 aliphatic heterocycles. The molecule has 0 saturated heterocycles. The van der Waals surface area contributed by atoms with Crippen LogP contribution < -0.4 is 10.6 Å². The first-order chi connectivity index (χ1) is 7.38. The first-order valence-electron chi connectivity index (χ1n) is 4.38. The Hall–Kier alpha value is -2.02. The lowest BCUT2D eigenvalue weighted by Crippen LogP contribution is -2.04. The lowest BCUT2D eigenvalue weighted by molar-refractivity contribution is 0.492. The first kappa shape index (κ1) is 9.53. The summed E-state index contributed by atoms with van der Waals surface area (Å²) in [6.45, 7) is 0.537. The van der Waals surface area contributed by atoms with E-state index in [2.05, 4.69) is 30.8 Å². The molecule has 78 valence electrons. The van der Waals surface area contributed by atoms with E-state index in [4.69, 9.17) is 4.42 Å². The van der Waals surface area contributed by atoms with Crippen LogP contribution in [0.15, 0.2) is 23.0 Å². The van der Waals surface area contributed by atoms with Gasteiger partial charge in [0, 0.05) is 12.4 Å². The average Bonchev–Trinajstić information content (AvgIpc) is 2.68. The number of rotatable bonds is 4. The summed E-state index contributed by atoms with van der Waals surface area (Å²) < 4.78 is 5.26. The van der Waals surface area contributed by atoms with E-state index in [1.165, 1.54) is 0 Å². The summed E-state index contributed by atoms with van der Waals surface area (Å²) in [6, 6.07) is 0.306. The van der Waals surface area contributed by atoms with Gasteiger partial charge in [0.05, 0.1) is 12.7 Å². The van der Waals surface area contributed by atoms with Crippen molar-refractivity contribution in [1.29, 1.82) is 0 Å². The van der Waals surface area contributed by atoms with Crippen molar-refractivity contribution in [2.45, 2.75) is 6.54 Å². The standard InChI is InChI=1S/C8H10N6O/c1-9-5-7-13-14-8(15-7)12-6-4-10-2-3-11-6/h2-4,9H,5H2,1H3,(H,11,12,14). The summed E-state index contributed by atoms with van der Waals surface area (Å²) in [5.41, 5.74) is 0. The fraction of sp³-hybridized carbons (Fsp3) is 0.250. The number of hydrogen-bond acceptors (Lipinski definition) is 7. The zero-order valence-electron chi connectivity index (χ0n) is 8.14. The highest BCUT2D eigenvalue weighted by Crippen LogP contribution is 2.10. The summed E-state index contributed by atoms with van der Waals surface area (Å²) in [4.78, 5) is 7.91. The van der Waals surface area contributed by atoms with Crippen LogP contribution in [0.4, 0.5) is 11.8 Å². The van der Waals surface area contributed by atoms with Crippen LogP contribution in [0.2, 0.25) is 0 Å². The van der Waals surface area contributed by atoms with Crippen molar-refractivity contribution in [2.24, 2.45) is 0 Å². The number of nitrogens with one attached hydrogen (secondary N) is 2. The second kappa shape index (κ2) is 4.47. The molecule has 7 nitrogen and oxygen atoms in total. The van der Waals surface area contributed by atoms with Gasteiger partial charge in [-0.15, -0.1) is 5.10 Å². The molecule has 0 aliphatic rings. The molecule has 0 unspecified atom stereocenters.